The minimum Gasteiger partial charge on any atom is -0.399 e. The normalized spacial score (nSPS) is 13.1. The molecule has 0 aliphatic carbocycles. The maximum absolute atomic E-state index is 13.7. The van der Waals surface area contributed by atoms with E-state index in [2.05, 4.69) is 20.7 Å². The molecule has 2 aromatic carbocycles. The van der Waals surface area contributed by atoms with E-state index in [0.717, 1.165) is 0 Å². The first-order valence-electron chi connectivity index (χ1n) is 6.13. The third kappa shape index (κ3) is 3.61. The molecule has 112 valence electrons. The highest BCUT2D eigenvalue weighted by molar-refractivity contribution is 9.10. The van der Waals surface area contributed by atoms with Gasteiger partial charge in [0.05, 0.1) is 4.90 Å². The summed E-state index contributed by atoms with van der Waals surface area (Å²) in [6.07, 6.45) is 0. The van der Waals surface area contributed by atoms with Gasteiger partial charge in [0, 0.05) is 21.8 Å². The van der Waals surface area contributed by atoms with E-state index >= 15 is 0 Å². The fraction of sp³-hybridized carbons (Fsp3) is 0.143. The van der Waals surface area contributed by atoms with Crippen molar-refractivity contribution in [3.63, 3.8) is 0 Å². The van der Waals surface area contributed by atoms with E-state index in [-0.39, 0.29) is 10.5 Å². The molecular formula is C14H14BrFN2O2S. The molecule has 0 spiro atoms. The second-order valence-corrected chi connectivity index (χ2v) is 7.09. The van der Waals surface area contributed by atoms with Crippen LogP contribution in [0.2, 0.25) is 0 Å². The quantitative estimate of drug-likeness (QED) is 0.809. The van der Waals surface area contributed by atoms with Crippen LogP contribution in [-0.2, 0) is 10.0 Å². The minimum absolute atomic E-state index is 0.0555. The predicted molar refractivity (Wildman–Crippen MR) is 83.7 cm³/mol. The van der Waals surface area contributed by atoms with E-state index in [1.54, 1.807) is 25.1 Å². The summed E-state index contributed by atoms with van der Waals surface area (Å²) < 4.78 is 41.2. The molecular weight excluding hydrogens is 359 g/mol. The molecule has 2 rings (SSSR count). The molecule has 0 amide bonds. The molecule has 1 unspecified atom stereocenters. The summed E-state index contributed by atoms with van der Waals surface area (Å²) in [5.41, 5.74) is 6.32. The Hall–Kier alpha value is -1.44. The standard InChI is InChI=1S/C14H14BrFN2O2S/c1-9(11-4-2-3-5-13(11)16)18-21(19,20)14-7-6-10(17)8-12(14)15/h2-9,18H,17H2,1H3. The van der Waals surface area contributed by atoms with Crippen molar-refractivity contribution in [1.29, 1.82) is 0 Å². The molecule has 0 bridgehead atoms. The zero-order chi connectivity index (χ0) is 15.6. The number of nitrogens with two attached hydrogens (primary N) is 1. The van der Waals surface area contributed by atoms with Crippen molar-refractivity contribution in [2.45, 2.75) is 17.9 Å². The van der Waals surface area contributed by atoms with Crippen molar-refractivity contribution in [3.8, 4) is 0 Å². The second kappa shape index (κ2) is 6.13. The van der Waals surface area contributed by atoms with Gasteiger partial charge in [0.15, 0.2) is 0 Å². The predicted octanol–water partition coefficient (Wildman–Crippen LogP) is 3.21. The number of hydrogen-bond acceptors (Lipinski definition) is 3. The summed E-state index contributed by atoms with van der Waals surface area (Å²) in [4.78, 5) is 0.0555. The minimum atomic E-state index is -3.79. The van der Waals surface area contributed by atoms with Crippen LogP contribution in [0.3, 0.4) is 0 Å². The Morgan fingerprint density at radius 1 is 1.24 bits per heavy atom. The molecule has 0 saturated carbocycles. The molecule has 7 heteroatoms. The monoisotopic (exact) mass is 372 g/mol. The molecule has 0 aromatic heterocycles. The molecule has 3 N–H and O–H groups in total. The van der Waals surface area contributed by atoms with Crippen molar-refractivity contribution in [2.75, 3.05) is 5.73 Å². The van der Waals surface area contributed by atoms with Crippen LogP contribution in [0.25, 0.3) is 0 Å². The summed E-state index contributed by atoms with van der Waals surface area (Å²) >= 11 is 3.17. The Kier molecular flexibility index (Phi) is 4.65. The van der Waals surface area contributed by atoms with E-state index in [0.29, 0.717) is 10.2 Å². The fourth-order valence-corrected chi connectivity index (χ4v) is 4.24. The van der Waals surface area contributed by atoms with Gasteiger partial charge in [0.1, 0.15) is 5.82 Å². The lowest BCUT2D eigenvalue weighted by Gasteiger charge is -2.16. The van der Waals surface area contributed by atoms with Crippen LogP contribution in [0.4, 0.5) is 10.1 Å². The lowest BCUT2D eigenvalue weighted by Crippen LogP contribution is -2.27. The highest BCUT2D eigenvalue weighted by atomic mass is 79.9. The largest absolute Gasteiger partial charge is 0.399 e. The van der Waals surface area contributed by atoms with E-state index < -0.39 is 21.9 Å². The molecule has 0 radical (unpaired) electrons. The molecule has 21 heavy (non-hydrogen) atoms. The summed E-state index contributed by atoms with van der Waals surface area (Å²) in [6.45, 7) is 1.58. The van der Waals surface area contributed by atoms with Gasteiger partial charge in [-0.3, -0.25) is 0 Å². The Bertz CT molecular complexity index is 765. The van der Waals surface area contributed by atoms with E-state index in [9.17, 15) is 12.8 Å². The molecule has 1 atom stereocenters. The van der Waals surface area contributed by atoms with Crippen LogP contribution < -0.4 is 10.5 Å². The van der Waals surface area contributed by atoms with Gasteiger partial charge in [-0.05, 0) is 47.1 Å². The average molecular weight is 373 g/mol. The van der Waals surface area contributed by atoms with Gasteiger partial charge >= 0.3 is 0 Å². The topological polar surface area (TPSA) is 72.2 Å². The Balaban J connectivity index is 2.31. The van der Waals surface area contributed by atoms with E-state index in [1.165, 1.54) is 24.3 Å². The van der Waals surface area contributed by atoms with E-state index in [1.807, 2.05) is 0 Å². The van der Waals surface area contributed by atoms with Crippen molar-refractivity contribution in [1.82, 2.24) is 4.72 Å². The molecule has 0 saturated heterocycles. The Labute approximate surface area is 131 Å². The number of nitrogen functional groups attached to an aromatic ring is 1. The van der Waals surface area contributed by atoms with Crippen molar-refractivity contribution >= 4 is 31.6 Å². The highest BCUT2D eigenvalue weighted by Crippen LogP contribution is 2.26. The summed E-state index contributed by atoms with van der Waals surface area (Å²) in [5, 5.41) is 0. The maximum atomic E-state index is 13.7. The third-order valence-corrected chi connectivity index (χ3v) is 5.47. The number of nitrogens with one attached hydrogen (secondary N) is 1. The van der Waals surface area contributed by atoms with E-state index in [4.69, 9.17) is 5.73 Å². The second-order valence-electron chi connectivity index (χ2n) is 4.55. The smallest absolute Gasteiger partial charge is 0.242 e. The van der Waals surface area contributed by atoms with Crippen LogP contribution in [0.1, 0.15) is 18.5 Å². The molecule has 2 aromatic rings. The summed E-state index contributed by atoms with van der Waals surface area (Å²) in [7, 11) is -3.79. The number of rotatable bonds is 4. The molecule has 0 fully saturated rings. The van der Waals surface area contributed by atoms with Gasteiger partial charge in [-0.15, -0.1) is 0 Å². The van der Waals surface area contributed by atoms with Crippen molar-refractivity contribution < 1.29 is 12.8 Å². The van der Waals surface area contributed by atoms with Gasteiger partial charge in [-0.25, -0.2) is 17.5 Å². The number of sulfonamides is 1. The first-order valence-corrected chi connectivity index (χ1v) is 8.40. The van der Waals surface area contributed by atoms with Gasteiger partial charge in [-0.1, -0.05) is 18.2 Å². The SMILES string of the molecule is CC(NS(=O)(=O)c1ccc(N)cc1Br)c1ccccc1F. The van der Waals surface area contributed by atoms with Gasteiger partial charge in [-0.2, -0.15) is 0 Å². The number of benzene rings is 2. The van der Waals surface area contributed by atoms with Crippen LogP contribution in [0, 0.1) is 5.82 Å². The van der Waals surface area contributed by atoms with Gasteiger partial charge < -0.3 is 5.73 Å². The Morgan fingerprint density at radius 2 is 1.90 bits per heavy atom. The van der Waals surface area contributed by atoms with Crippen molar-refractivity contribution in [2.24, 2.45) is 0 Å². The first kappa shape index (κ1) is 15.9. The zero-order valence-electron chi connectivity index (χ0n) is 11.2. The van der Waals surface area contributed by atoms with Crippen LogP contribution >= 0.6 is 15.9 Å². The lowest BCUT2D eigenvalue weighted by molar-refractivity contribution is 0.549. The number of hydrogen-bond donors (Lipinski definition) is 2. The van der Waals surface area contributed by atoms with Gasteiger partial charge in [0.25, 0.3) is 0 Å². The number of anilines is 1. The fourth-order valence-electron chi connectivity index (χ4n) is 1.92. The molecule has 0 heterocycles. The van der Waals surface area contributed by atoms with Crippen molar-refractivity contribution in [3.05, 3.63) is 58.3 Å². The van der Waals surface area contributed by atoms with Crippen LogP contribution in [-0.4, -0.2) is 8.42 Å². The highest BCUT2D eigenvalue weighted by Gasteiger charge is 2.22. The zero-order valence-corrected chi connectivity index (χ0v) is 13.6. The maximum Gasteiger partial charge on any atom is 0.242 e. The Morgan fingerprint density at radius 3 is 2.52 bits per heavy atom. The number of halogens is 2. The lowest BCUT2D eigenvalue weighted by atomic mass is 10.1. The molecule has 0 aliphatic heterocycles. The van der Waals surface area contributed by atoms with Crippen LogP contribution in [0.5, 0.6) is 0 Å². The molecule has 0 aliphatic rings. The average Bonchev–Trinajstić information content (AvgIpc) is 2.37. The molecule has 4 nitrogen and oxygen atoms in total. The van der Waals surface area contributed by atoms with Crippen LogP contribution in [0.15, 0.2) is 51.8 Å². The third-order valence-electron chi connectivity index (χ3n) is 2.95. The summed E-state index contributed by atoms with van der Waals surface area (Å²) in [5.74, 6) is -0.455. The van der Waals surface area contributed by atoms with Gasteiger partial charge in [0.2, 0.25) is 10.0 Å². The first-order chi connectivity index (χ1) is 9.81. The summed E-state index contributed by atoms with van der Waals surface area (Å²) in [6, 6.07) is 9.74.